The van der Waals surface area contributed by atoms with Gasteiger partial charge in [-0.1, -0.05) is 12.1 Å². The van der Waals surface area contributed by atoms with Gasteiger partial charge in [-0.25, -0.2) is 4.98 Å². The third-order valence-corrected chi connectivity index (χ3v) is 3.04. The van der Waals surface area contributed by atoms with E-state index < -0.39 is 5.91 Å². The number of benzene rings is 1. The first kappa shape index (κ1) is 14.7. The number of hydrogen-bond donors (Lipinski definition) is 2. The second-order valence-electron chi connectivity index (χ2n) is 3.98. The van der Waals surface area contributed by atoms with Crippen molar-refractivity contribution >= 4 is 34.4 Å². The van der Waals surface area contributed by atoms with E-state index in [2.05, 4.69) is 10.3 Å². The Bertz CT molecular complexity index is 636. The molecule has 0 fully saturated rings. The van der Waals surface area contributed by atoms with Crippen molar-refractivity contribution in [3.63, 3.8) is 0 Å². The van der Waals surface area contributed by atoms with E-state index in [1.165, 1.54) is 17.4 Å². The van der Waals surface area contributed by atoms with Crippen LogP contribution in [-0.4, -0.2) is 23.4 Å². The fourth-order valence-corrected chi connectivity index (χ4v) is 1.97. The molecule has 2 aromatic rings. The van der Waals surface area contributed by atoms with Gasteiger partial charge < -0.3 is 10.5 Å². The van der Waals surface area contributed by atoms with E-state index in [0.717, 1.165) is 5.56 Å². The molecule has 0 atom stereocenters. The first-order valence-electron chi connectivity index (χ1n) is 6.03. The lowest BCUT2D eigenvalue weighted by molar-refractivity contribution is -0.120. The van der Waals surface area contributed by atoms with Crippen molar-refractivity contribution in [1.82, 2.24) is 4.98 Å². The lowest BCUT2D eigenvalue weighted by Gasteiger charge is -2.03. The molecular formula is C14H13N3O3S. The quantitative estimate of drug-likeness (QED) is 0.793. The van der Waals surface area contributed by atoms with E-state index >= 15 is 0 Å². The maximum atomic E-state index is 11.6. The highest BCUT2D eigenvalue weighted by Gasteiger charge is 2.00. The van der Waals surface area contributed by atoms with Crippen LogP contribution in [0.25, 0.3) is 6.08 Å². The molecule has 2 rings (SSSR count). The van der Waals surface area contributed by atoms with Gasteiger partial charge in [0, 0.05) is 17.7 Å². The zero-order chi connectivity index (χ0) is 15.1. The highest BCUT2D eigenvalue weighted by Crippen LogP contribution is 2.14. The molecule has 3 N–H and O–H groups in total. The first-order chi connectivity index (χ1) is 10.1. The average molecular weight is 303 g/mol. The Morgan fingerprint density at radius 1 is 1.33 bits per heavy atom. The van der Waals surface area contributed by atoms with Crippen molar-refractivity contribution in [1.29, 1.82) is 0 Å². The van der Waals surface area contributed by atoms with Gasteiger partial charge in [0.15, 0.2) is 11.7 Å². The molecule has 1 aromatic carbocycles. The zero-order valence-electron chi connectivity index (χ0n) is 11.0. The minimum absolute atomic E-state index is 0.161. The molecule has 108 valence electrons. The van der Waals surface area contributed by atoms with E-state index in [4.69, 9.17) is 10.5 Å². The van der Waals surface area contributed by atoms with Crippen molar-refractivity contribution < 1.29 is 14.3 Å². The number of aromatic nitrogens is 1. The second-order valence-corrected chi connectivity index (χ2v) is 4.88. The van der Waals surface area contributed by atoms with Gasteiger partial charge in [-0.3, -0.25) is 14.9 Å². The van der Waals surface area contributed by atoms with Crippen molar-refractivity contribution in [3.8, 4) is 5.75 Å². The number of carbonyl (C=O) groups excluding carboxylic acids is 2. The molecule has 0 saturated heterocycles. The molecule has 0 saturated carbocycles. The molecule has 7 heteroatoms. The molecule has 0 aliphatic carbocycles. The minimum atomic E-state index is -0.530. The van der Waals surface area contributed by atoms with Gasteiger partial charge in [-0.2, -0.15) is 0 Å². The average Bonchev–Trinajstić information content (AvgIpc) is 2.97. The fraction of sp³-hybridized carbons (Fsp3) is 0.0714. The molecule has 0 aliphatic heterocycles. The van der Waals surface area contributed by atoms with Crippen LogP contribution < -0.4 is 15.8 Å². The molecule has 0 bridgehead atoms. The highest BCUT2D eigenvalue weighted by molar-refractivity contribution is 7.13. The maximum Gasteiger partial charge on any atom is 0.255 e. The number of carbonyl (C=O) groups is 2. The molecular weight excluding hydrogens is 290 g/mol. The molecule has 0 spiro atoms. The molecule has 0 radical (unpaired) electrons. The van der Waals surface area contributed by atoms with Gasteiger partial charge in [0.2, 0.25) is 5.91 Å². The van der Waals surface area contributed by atoms with Crippen LogP contribution in [0.2, 0.25) is 0 Å². The summed E-state index contributed by atoms with van der Waals surface area (Å²) in [6.45, 7) is -0.161. The standard InChI is InChI=1S/C14H13N3O3S/c15-12(18)9-20-11-4-1-10(2-5-11)3-6-13(19)17-14-16-7-8-21-14/h1-8H,9H2,(H2,15,18)(H,16,17,19)/b6-3+. The third-order valence-electron chi connectivity index (χ3n) is 2.35. The Kier molecular flexibility index (Phi) is 5.05. The Morgan fingerprint density at radius 3 is 2.71 bits per heavy atom. The molecule has 0 aliphatic rings. The van der Waals surface area contributed by atoms with E-state index in [1.54, 1.807) is 41.9 Å². The zero-order valence-corrected chi connectivity index (χ0v) is 11.8. The summed E-state index contributed by atoms with van der Waals surface area (Å²) >= 11 is 1.35. The third kappa shape index (κ3) is 5.07. The lowest BCUT2D eigenvalue weighted by Crippen LogP contribution is -2.19. The summed E-state index contributed by atoms with van der Waals surface area (Å²) in [4.78, 5) is 26.2. The highest BCUT2D eigenvalue weighted by atomic mass is 32.1. The van der Waals surface area contributed by atoms with E-state index in [1.807, 2.05) is 0 Å². The topological polar surface area (TPSA) is 94.3 Å². The Balaban J connectivity index is 1.88. The number of hydrogen-bond acceptors (Lipinski definition) is 5. The summed E-state index contributed by atoms with van der Waals surface area (Å²) in [6, 6.07) is 6.93. The predicted octanol–water partition coefficient (Wildman–Crippen LogP) is 1.66. The molecule has 2 amide bonds. The van der Waals surface area contributed by atoms with E-state index in [9.17, 15) is 9.59 Å². The van der Waals surface area contributed by atoms with Gasteiger partial charge in [-0.15, -0.1) is 11.3 Å². The number of amides is 2. The van der Waals surface area contributed by atoms with Gasteiger partial charge in [0.05, 0.1) is 0 Å². The number of rotatable bonds is 6. The van der Waals surface area contributed by atoms with Gasteiger partial charge in [-0.05, 0) is 23.8 Å². The number of nitrogens with one attached hydrogen (secondary N) is 1. The smallest absolute Gasteiger partial charge is 0.255 e. The van der Waals surface area contributed by atoms with Crippen LogP contribution in [0.4, 0.5) is 5.13 Å². The van der Waals surface area contributed by atoms with Gasteiger partial charge in [0.25, 0.3) is 5.91 Å². The van der Waals surface area contributed by atoms with Gasteiger partial charge in [0.1, 0.15) is 5.75 Å². The van der Waals surface area contributed by atoms with Crippen LogP contribution in [0, 0.1) is 0 Å². The Morgan fingerprint density at radius 2 is 2.10 bits per heavy atom. The summed E-state index contributed by atoms with van der Waals surface area (Å²) in [6.07, 6.45) is 4.70. The van der Waals surface area contributed by atoms with Crippen LogP contribution in [-0.2, 0) is 9.59 Å². The van der Waals surface area contributed by atoms with Crippen molar-refractivity contribution in [2.24, 2.45) is 5.73 Å². The van der Waals surface area contributed by atoms with Crippen molar-refractivity contribution in [3.05, 3.63) is 47.5 Å². The normalized spacial score (nSPS) is 10.5. The Labute approximate surface area is 125 Å². The van der Waals surface area contributed by atoms with Crippen LogP contribution in [0.1, 0.15) is 5.56 Å². The fourth-order valence-electron chi connectivity index (χ4n) is 1.43. The number of nitrogens with zero attached hydrogens (tertiary/aromatic N) is 1. The number of anilines is 1. The summed E-state index contributed by atoms with van der Waals surface area (Å²) in [5.74, 6) is -0.241. The number of thiazole rings is 1. The molecule has 1 heterocycles. The molecule has 6 nitrogen and oxygen atoms in total. The van der Waals surface area contributed by atoms with E-state index in [-0.39, 0.29) is 12.5 Å². The predicted molar refractivity (Wildman–Crippen MR) is 80.9 cm³/mol. The SMILES string of the molecule is NC(=O)COc1ccc(/C=C/C(=O)Nc2nccs2)cc1. The van der Waals surface area contributed by atoms with Crippen LogP contribution in [0.15, 0.2) is 41.9 Å². The van der Waals surface area contributed by atoms with Gasteiger partial charge >= 0.3 is 0 Å². The molecule has 21 heavy (non-hydrogen) atoms. The first-order valence-corrected chi connectivity index (χ1v) is 6.91. The number of ether oxygens (including phenoxy) is 1. The van der Waals surface area contributed by atoms with E-state index in [0.29, 0.717) is 10.9 Å². The number of primary amides is 1. The van der Waals surface area contributed by atoms with Crippen molar-refractivity contribution in [2.75, 3.05) is 11.9 Å². The summed E-state index contributed by atoms with van der Waals surface area (Å²) < 4.78 is 5.13. The largest absolute Gasteiger partial charge is 0.484 e. The van der Waals surface area contributed by atoms with Crippen LogP contribution in [0.3, 0.4) is 0 Å². The van der Waals surface area contributed by atoms with Crippen molar-refractivity contribution in [2.45, 2.75) is 0 Å². The summed E-state index contributed by atoms with van der Waals surface area (Å²) in [5, 5.41) is 4.98. The lowest BCUT2D eigenvalue weighted by atomic mass is 10.2. The summed E-state index contributed by atoms with van der Waals surface area (Å²) in [7, 11) is 0. The summed E-state index contributed by atoms with van der Waals surface area (Å²) in [5.41, 5.74) is 5.81. The monoisotopic (exact) mass is 303 g/mol. The Hall–Kier alpha value is -2.67. The molecule has 0 unspecified atom stereocenters. The second kappa shape index (κ2) is 7.20. The van der Waals surface area contributed by atoms with Crippen LogP contribution in [0.5, 0.6) is 5.75 Å². The number of nitrogens with two attached hydrogens (primary N) is 1. The minimum Gasteiger partial charge on any atom is -0.484 e. The maximum absolute atomic E-state index is 11.6. The molecule has 1 aromatic heterocycles. The van der Waals surface area contributed by atoms with Crippen LogP contribution >= 0.6 is 11.3 Å².